The van der Waals surface area contributed by atoms with Crippen LogP contribution in [0.25, 0.3) is 10.8 Å². The molecule has 2 aromatic rings. The number of pyridine rings is 1. The average Bonchev–Trinajstić information content (AvgIpc) is 2.87. The molecule has 3 rings (SSSR count). The molecule has 3 N–H and O–H groups in total. The molecule has 0 amide bonds. The molecule has 5 nitrogen and oxygen atoms in total. The molecule has 1 unspecified atom stereocenters. The van der Waals surface area contributed by atoms with Gasteiger partial charge in [0.05, 0.1) is 6.61 Å². The van der Waals surface area contributed by atoms with Crippen LogP contribution in [0.1, 0.15) is 6.42 Å². The second-order valence-electron chi connectivity index (χ2n) is 5.13. The topological polar surface area (TPSA) is 71.6 Å². The van der Waals surface area contributed by atoms with Gasteiger partial charge in [-0.2, -0.15) is 0 Å². The van der Waals surface area contributed by atoms with E-state index >= 15 is 0 Å². The number of aliphatic hydroxyl groups is 1. The fourth-order valence-electron chi connectivity index (χ4n) is 2.68. The Morgan fingerprint density at radius 1 is 1.40 bits per heavy atom. The zero-order chi connectivity index (χ0) is 13.9. The first-order valence-corrected chi connectivity index (χ1v) is 6.90. The van der Waals surface area contributed by atoms with Crippen molar-refractivity contribution >= 4 is 16.6 Å². The van der Waals surface area contributed by atoms with E-state index in [0.29, 0.717) is 5.82 Å². The molecule has 0 radical (unpaired) electrons. The SMILES string of the molecule is Nc1nccc2cc(OC3CCN(CCO)C3)ccc12. The number of β-amino-alcohol motifs (C(OH)–C–C–N with tert-alkyl or cyclic N) is 1. The van der Waals surface area contributed by atoms with Crippen molar-refractivity contribution in [2.75, 3.05) is 32.0 Å². The Hall–Kier alpha value is -1.85. The molecule has 5 heteroatoms. The summed E-state index contributed by atoms with van der Waals surface area (Å²) in [5.41, 5.74) is 5.84. The summed E-state index contributed by atoms with van der Waals surface area (Å²) in [7, 11) is 0. The molecule has 0 spiro atoms. The molecule has 0 aliphatic carbocycles. The number of rotatable bonds is 4. The summed E-state index contributed by atoms with van der Waals surface area (Å²) in [6, 6.07) is 7.83. The summed E-state index contributed by atoms with van der Waals surface area (Å²) < 4.78 is 6.02. The van der Waals surface area contributed by atoms with E-state index in [-0.39, 0.29) is 12.7 Å². The van der Waals surface area contributed by atoms with E-state index in [2.05, 4.69) is 9.88 Å². The third-order valence-electron chi connectivity index (χ3n) is 3.71. The van der Waals surface area contributed by atoms with E-state index in [1.807, 2.05) is 24.3 Å². The Bertz CT molecular complexity index is 603. The van der Waals surface area contributed by atoms with Crippen molar-refractivity contribution < 1.29 is 9.84 Å². The van der Waals surface area contributed by atoms with Gasteiger partial charge in [-0.3, -0.25) is 4.90 Å². The number of benzene rings is 1. The summed E-state index contributed by atoms with van der Waals surface area (Å²) in [5, 5.41) is 10.9. The van der Waals surface area contributed by atoms with Crippen molar-refractivity contribution in [1.82, 2.24) is 9.88 Å². The second kappa shape index (κ2) is 5.64. The number of ether oxygens (including phenoxy) is 1. The quantitative estimate of drug-likeness (QED) is 0.877. The molecular weight excluding hydrogens is 254 g/mol. The average molecular weight is 273 g/mol. The zero-order valence-electron chi connectivity index (χ0n) is 11.3. The van der Waals surface area contributed by atoms with Crippen molar-refractivity contribution in [3.8, 4) is 5.75 Å². The maximum absolute atomic E-state index is 8.95. The molecule has 0 saturated carbocycles. The van der Waals surface area contributed by atoms with Gasteiger partial charge >= 0.3 is 0 Å². The fraction of sp³-hybridized carbons (Fsp3) is 0.400. The standard InChI is InChI=1S/C15H19N3O2/c16-15-14-2-1-12(9-11(14)3-5-17-15)20-13-4-6-18(10-13)7-8-19/h1-3,5,9,13,19H,4,6-8,10H2,(H2,16,17). The number of nitrogen functional groups attached to an aromatic ring is 1. The van der Waals surface area contributed by atoms with Crippen LogP contribution in [0.4, 0.5) is 5.82 Å². The summed E-state index contributed by atoms with van der Waals surface area (Å²) in [6.07, 6.45) is 2.90. The van der Waals surface area contributed by atoms with Gasteiger partial charge in [0.2, 0.25) is 0 Å². The van der Waals surface area contributed by atoms with Gasteiger partial charge < -0.3 is 15.6 Å². The molecular formula is C15H19N3O2. The lowest BCUT2D eigenvalue weighted by Gasteiger charge is -2.16. The Morgan fingerprint density at radius 2 is 2.30 bits per heavy atom. The number of fused-ring (bicyclic) bond motifs is 1. The highest BCUT2D eigenvalue weighted by Crippen LogP contribution is 2.25. The third kappa shape index (κ3) is 2.69. The van der Waals surface area contributed by atoms with Crippen LogP contribution < -0.4 is 10.5 Å². The smallest absolute Gasteiger partial charge is 0.131 e. The van der Waals surface area contributed by atoms with Crippen LogP contribution in [0.5, 0.6) is 5.75 Å². The highest BCUT2D eigenvalue weighted by atomic mass is 16.5. The van der Waals surface area contributed by atoms with Crippen molar-refractivity contribution in [2.24, 2.45) is 0 Å². The predicted molar refractivity (Wildman–Crippen MR) is 78.7 cm³/mol. The van der Waals surface area contributed by atoms with Gasteiger partial charge in [-0.05, 0) is 36.1 Å². The summed E-state index contributed by atoms with van der Waals surface area (Å²) in [5.74, 6) is 1.41. The predicted octanol–water partition coefficient (Wildman–Crippen LogP) is 1.26. The number of aromatic nitrogens is 1. The first kappa shape index (κ1) is 13.1. The third-order valence-corrected chi connectivity index (χ3v) is 3.71. The molecule has 1 aromatic heterocycles. The fourth-order valence-corrected chi connectivity index (χ4v) is 2.68. The normalized spacial score (nSPS) is 19.6. The lowest BCUT2D eigenvalue weighted by molar-refractivity contribution is 0.181. The van der Waals surface area contributed by atoms with Crippen LogP contribution in [0, 0.1) is 0 Å². The molecule has 0 bridgehead atoms. The minimum Gasteiger partial charge on any atom is -0.489 e. The Kier molecular flexibility index (Phi) is 3.71. The molecule has 1 aromatic carbocycles. The van der Waals surface area contributed by atoms with Gasteiger partial charge in [-0.25, -0.2) is 4.98 Å². The Morgan fingerprint density at radius 3 is 3.15 bits per heavy atom. The number of hydrogen-bond donors (Lipinski definition) is 2. The summed E-state index contributed by atoms with van der Waals surface area (Å²) >= 11 is 0. The van der Waals surface area contributed by atoms with Crippen molar-refractivity contribution in [1.29, 1.82) is 0 Å². The van der Waals surface area contributed by atoms with E-state index in [1.54, 1.807) is 6.20 Å². The number of nitrogens with two attached hydrogens (primary N) is 1. The maximum Gasteiger partial charge on any atom is 0.131 e. The van der Waals surface area contributed by atoms with E-state index in [0.717, 1.165) is 42.6 Å². The van der Waals surface area contributed by atoms with Gasteiger partial charge in [-0.15, -0.1) is 0 Å². The lowest BCUT2D eigenvalue weighted by atomic mass is 10.1. The van der Waals surface area contributed by atoms with Crippen LogP contribution in [-0.4, -0.2) is 47.3 Å². The van der Waals surface area contributed by atoms with E-state index < -0.39 is 0 Å². The van der Waals surface area contributed by atoms with Crippen LogP contribution in [0.2, 0.25) is 0 Å². The molecule has 1 aliphatic heterocycles. The van der Waals surface area contributed by atoms with E-state index in [4.69, 9.17) is 15.6 Å². The van der Waals surface area contributed by atoms with Crippen LogP contribution >= 0.6 is 0 Å². The maximum atomic E-state index is 8.95. The molecule has 2 heterocycles. The number of nitrogens with zero attached hydrogens (tertiary/aromatic N) is 2. The monoisotopic (exact) mass is 273 g/mol. The lowest BCUT2D eigenvalue weighted by Crippen LogP contribution is -2.27. The molecule has 1 fully saturated rings. The first-order chi connectivity index (χ1) is 9.76. The Balaban J connectivity index is 1.72. The number of hydrogen-bond acceptors (Lipinski definition) is 5. The van der Waals surface area contributed by atoms with Crippen molar-refractivity contribution in [2.45, 2.75) is 12.5 Å². The van der Waals surface area contributed by atoms with Gasteiger partial charge in [0, 0.05) is 31.2 Å². The van der Waals surface area contributed by atoms with Crippen LogP contribution in [0.3, 0.4) is 0 Å². The van der Waals surface area contributed by atoms with E-state index in [9.17, 15) is 0 Å². The van der Waals surface area contributed by atoms with Gasteiger partial charge in [0.25, 0.3) is 0 Å². The summed E-state index contributed by atoms with van der Waals surface area (Å²) in [6.45, 7) is 2.78. The number of anilines is 1. The van der Waals surface area contributed by atoms with Crippen LogP contribution in [0.15, 0.2) is 30.5 Å². The zero-order valence-corrected chi connectivity index (χ0v) is 11.3. The Labute approximate surface area is 118 Å². The number of aliphatic hydroxyl groups excluding tert-OH is 1. The highest BCUT2D eigenvalue weighted by Gasteiger charge is 2.23. The van der Waals surface area contributed by atoms with Gasteiger partial charge in [0.1, 0.15) is 17.7 Å². The number of likely N-dealkylation sites (tertiary alicyclic amines) is 1. The first-order valence-electron chi connectivity index (χ1n) is 6.90. The minimum atomic E-state index is 0.193. The van der Waals surface area contributed by atoms with Gasteiger partial charge in [-0.1, -0.05) is 0 Å². The minimum absolute atomic E-state index is 0.193. The van der Waals surface area contributed by atoms with Crippen molar-refractivity contribution in [3.05, 3.63) is 30.5 Å². The highest BCUT2D eigenvalue weighted by molar-refractivity contribution is 5.91. The second-order valence-corrected chi connectivity index (χ2v) is 5.13. The van der Waals surface area contributed by atoms with Crippen molar-refractivity contribution in [3.63, 3.8) is 0 Å². The molecule has 20 heavy (non-hydrogen) atoms. The van der Waals surface area contributed by atoms with E-state index in [1.165, 1.54) is 0 Å². The molecule has 1 atom stereocenters. The largest absolute Gasteiger partial charge is 0.489 e. The van der Waals surface area contributed by atoms with Gasteiger partial charge in [0.15, 0.2) is 0 Å². The molecule has 1 aliphatic rings. The molecule has 1 saturated heterocycles. The van der Waals surface area contributed by atoms with Crippen LogP contribution in [-0.2, 0) is 0 Å². The summed E-state index contributed by atoms with van der Waals surface area (Å²) in [4.78, 5) is 6.29. The molecule has 106 valence electrons.